The van der Waals surface area contributed by atoms with Gasteiger partial charge < -0.3 is 14.6 Å². The van der Waals surface area contributed by atoms with Crippen molar-refractivity contribution in [3.05, 3.63) is 65.2 Å². The van der Waals surface area contributed by atoms with E-state index >= 15 is 0 Å². The van der Waals surface area contributed by atoms with E-state index in [9.17, 15) is 5.11 Å². The van der Waals surface area contributed by atoms with Gasteiger partial charge in [0.25, 0.3) is 0 Å². The maximum atomic E-state index is 10.2. The first-order valence-corrected chi connectivity index (χ1v) is 7.17. The third-order valence-electron chi connectivity index (χ3n) is 3.31. The standard InChI is InChI=1S/C18H22O3/c1-14-8-9-15(2)17(12-14)18(19)13-20-10-11-21-16-6-4-3-5-7-16/h3-9,12,18-19H,10-11,13H2,1-2H3. The molecule has 2 aromatic rings. The van der Waals surface area contributed by atoms with E-state index in [1.165, 1.54) is 0 Å². The van der Waals surface area contributed by atoms with E-state index in [1.54, 1.807) is 0 Å². The number of aryl methyl sites for hydroxylation is 2. The summed E-state index contributed by atoms with van der Waals surface area (Å²) in [5, 5.41) is 10.2. The molecule has 0 radical (unpaired) electrons. The third kappa shape index (κ3) is 4.88. The summed E-state index contributed by atoms with van der Waals surface area (Å²) in [6.07, 6.45) is -0.596. The average molecular weight is 286 g/mol. The van der Waals surface area contributed by atoms with Crippen LogP contribution in [0, 0.1) is 13.8 Å². The zero-order chi connectivity index (χ0) is 15.1. The van der Waals surface area contributed by atoms with Gasteiger partial charge in [0, 0.05) is 0 Å². The maximum Gasteiger partial charge on any atom is 0.119 e. The first-order valence-electron chi connectivity index (χ1n) is 7.17. The molecule has 0 bridgehead atoms. The highest BCUT2D eigenvalue weighted by molar-refractivity contribution is 5.32. The lowest BCUT2D eigenvalue weighted by molar-refractivity contribution is 0.0237. The number of aliphatic hydroxyl groups is 1. The first kappa shape index (κ1) is 15.5. The number of ether oxygens (including phenoxy) is 2. The van der Waals surface area contributed by atoms with E-state index < -0.39 is 6.10 Å². The maximum absolute atomic E-state index is 10.2. The SMILES string of the molecule is Cc1ccc(C)c(C(O)COCCOc2ccccc2)c1. The molecule has 0 amide bonds. The molecule has 21 heavy (non-hydrogen) atoms. The Labute approximate surface area is 126 Å². The van der Waals surface area contributed by atoms with Crippen molar-refractivity contribution in [1.29, 1.82) is 0 Å². The molecule has 0 fully saturated rings. The number of hydrogen-bond donors (Lipinski definition) is 1. The molecule has 0 aliphatic carbocycles. The normalized spacial score (nSPS) is 12.1. The Morgan fingerprint density at radius 2 is 1.76 bits per heavy atom. The molecule has 0 spiro atoms. The summed E-state index contributed by atoms with van der Waals surface area (Å²) < 4.78 is 11.0. The summed E-state index contributed by atoms with van der Waals surface area (Å²) in [4.78, 5) is 0. The van der Waals surface area contributed by atoms with Gasteiger partial charge in [-0.25, -0.2) is 0 Å². The molecule has 112 valence electrons. The largest absolute Gasteiger partial charge is 0.491 e. The van der Waals surface area contributed by atoms with Crippen LogP contribution in [0.1, 0.15) is 22.8 Å². The second-order valence-electron chi connectivity index (χ2n) is 5.11. The summed E-state index contributed by atoms with van der Waals surface area (Å²) in [5.74, 6) is 0.830. The van der Waals surface area contributed by atoms with Crippen LogP contribution in [0.3, 0.4) is 0 Å². The summed E-state index contributed by atoms with van der Waals surface area (Å²) >= 11 is 0. The van der Waals surface area contributed by atoms with Crippen molar-refractivity contribution in [3.8, 4) is 5.75 Å². The zero-order valence-corrected chi connectivity index (χ0v) is 12.6. The fourth-order valence-corrected chi connectivity index (χ4v) is 2.14. The molecule has 0 heterocycles. The van der Waals surface area contributed by atoms with Crippen molar-refractivity contribution in [2.24, 2.45) is 0 Å². The van der Waals surface area contributed by atoms with Crippen LogP contribution in [0.15, 0.2) is 48.5 Å². The van der Waals surface area contributed by atoms with E-state index in [1.807, 2.05) is 62.4 Å². The number of aliphatic hydroxyl groups excluding tert-OH is 1. The van der Waals surface area contributed by atoms with Crippen molar-refractivity contribution >= 4 is 0 Å². The lowest BCUT2D eigenvalue weighted by Gasteiger charge is -2.15. The molecule has 0 aliphatic heterocycles. The van der Waals surface area contributed by atoms with E-state index in [-0.39, 0.29) is 6.61 Å². The van der Waals surface area contributed by atoms with E-state index in [2.05, 4.69) is 0 Å². The molecule has 3 heteroatoms. The van der Waals surface area contributed by atoms with Gasteiger partial charge >= 0.3 is 0 Å². The Balaban J connectivity index is 1.72. The Morgan fingerprint density at radius 1 is 1.00 bits per heavy atom. The molecule has 2 rings (SSSR count). The Morgan fingerprint density at radius 3 is 2.52 bits per heavy atom. The molecular weight excluding hydrogens is 264 g/mol. The van der Waals surface area contributed by atoms with Crippen molar-refractivity contribution in [1.82, 2.24) is 0 Å². The Hall–Kier alpha value is -1.84. The lowest BCUT2D eigenvalue weighted by atomic mass is 10.0. The summed E-state index contributed by atoms with van der Waals surface area (Å²) in [7, 11) is 0. The minimum absolute atomic E-state index is 0.280. The van der Waals surface area contributed by atoms with Crippen molar-refractivity contribution in [2.45, 2.75) is 20.0 Å². The topological polar surface area (TPSA) is 38.7 Å². The van der Waals surface area contributed by atoms with Crippen LogP contribution < -0.4 is 4.74 Å². The quantitative estimate of drug-likeness (QED) is 0.793. The molecule has 0 aromatic heterocycles. The van der Waals surface area contributed by atoms with Crippen LogP contribution in [0.4, 0.5) is 0 Å². The van der Waals surface area contributed by atoms with Crippen molar-refractivity contribution in [2.75, 3.05) is 19.8 Å². The minimum Gasteiger partial charge on any atom is -0.491 e. The molecule has 1 N–H and O–H groups in total. The highest BCUT2D eigenvalue weighted by Gasteiger charge is 2.10. The van der Waals surface area contributed by atoms with Gasteiger partial charge in [-0.1, -0.05) is 42.0 Å². The Bertz CT molecular complexity index is 552. The molecule has 1 unspecified atom stereocenters. The van der Waals surface area contributed by atoms with Gasteiger partial charge in [0.15, 0.2) is 0 Å². The number of benzene rings is 2. The van der Waals surface area contributed by atoms with Gasteiger partial charge in [-0.2, -0.15) is 0 Å². The second kappa shape index (κ2) is 7.81. The molecule has 3 nitrogen and oxygen atoms in total. The number of rotatable bonds is 7. The number of hydrogen-bond acceptors (Lipinski definition) is 3. The summed E-state index contributed by atoms with van der Waals surface area (Å²) in [5.41, 5.74) is 3.15. The zero-order valence-electron chi connectivity index (χ0n) is 12.6. The van der Waals surface area contributed by atoms with Gasteiger partial charge in [-0.15, -0.1) is 0 Å². The van der Waals surface area contributed by atoms with Crippen LogP contribution in [-0.4, -0.2) is 24.9 Å². The van der Waals surface area contributed by atoms with Crippen LogP contribution in [0.25, 0.3) is 0 Å². The fraction of sp³-hybridized carbons (Fsp3) is 0.333. The van der Waals surface area contributed by atoms with Crippen LogP contribution in [-0.2, 0) is 4.74 Å². The lowest BCUT2D eigenvalue weighted by Crippen LogP contribution is -2.13. The van der Waals surface area contributed by atoms with Crippen LogP contribution >= 0.6 is 0 Å². The van der Waals surface area contributed by atoms with Crippen molar-refractivity contribution < 1.29 is 14.6 Å². The predicted molar refractivity (Wildman–Crippen MR) is 83.6 cm³/mol. The van der Waals surface area contributed by atoms with Gasteiger partial charge in [-0.3, -0.25) is 0 Å². The summed E-state index contributed by atoms with van der Waals surface area (Å²) in [6, 6.07) is 15.7. The minimum atomic E-state index is -0.596. The summed E-state index contributed by atoms with van der Waals surface area (Å²) in [6.45, 7) is 5.23. The van der Waals surface area contributed by atoms with Gasteiger partial charge in [0.1, 0.15) is 18.5 Å². The highest BCUT2D eigenvalue weighted by atomic mass is 16.5. The fourth-order valence-electron chi connectivity index (χ4n) is 2.14. The van der Waals surface area contributed by atoms with Crippen molar-refractivity contribution in [3.63, 3.8) is 0 Å². The smallest absolute Gasteiger partial charge is 0.119 e. The van der Waals surface area contributed by atoms with Crippen LogP contribution in [0.5, 0.6) is 5.75 Å². The molecule has 1 atom stereocenters. The van der Waals surface area contributed by atoms with Gasteiger partial charge in [0.2, 0.25) is 0 Å². The van der Waals surface area contributed by atoms with E-state index in [0.717, 1.165) is 22.4 Å². The average Bonchev–Trinajstić information content (AvgIpc) is 2.50. The number of para-hydroxylation sites is 1. The van der Waals surface area contributed by atoms with E-state index in [4.69, 9.17) is 9.47 Å². The molecule has 0 saturated carbocycles. The molecule has 0 aliphatic rings. The van der Waals surface area contributed by atoms with Crippen LogP contribution in [0.2, 0.25) is 0 Å². The van der Waals surface area contributed by atoms with Gasteiger partial charge in [-0.05, 0) is 37.1 Å². The highest BCUT2D eigenvalue weighted by Crippen LogP contribution is 2.19. The molecular formula is C18H22O3. The van der Waals surface area contributed by atoms with E-state index in [0.29, 0.717) is 13.2 Å². The first-order chi connectivity index (χ1) is 10.2. The molecule has 0 saturated heterocycles. The van der Waals surface area contributed by atoms with Gasteiger partial charge in [0.05, 0.1) is 13.2 Å². The monoisotopic (exact) mass is 286 g/mol. The third-order valence-corrected chi connectivity index (χ3v) is 3.31. The predicted octanol–water partition coefficient (Wildman–Crippen LogP) is 3.43. The Kier molecular flexibility index (Phi) is 5.78. The molecule has 2 aromatic carbocycles. The second-order valence-corrected chi connectivity index (χ2v) is 5.11.